The number of rotatable bonds is 5. The third-order valence-corrected chi connectivity index (χ3v) is 4.49. The topological polar surface area (TPSA) is 72.7 Å². The maximum atomic E-state index is 12.6. The quantitative estimate of drug-likeness (QED) is 0.584. The number of carbonyl (C=O) groups is 1. The lowest BCUT2D eigenvalue weighted by molar-refractivity contribution is 0.0950. The summed E-state index contributed by atoms with van der Waals surface area (Å²) in [5, 5.41) is 7.28. The van der Waals surface area contributed by atoms with Gasteiger partial charge in [0, 0.05) is 30.7 Å². The number of hydrogen-bond donors (Lipinski definition) is 1. The Bertz CT molecular complexity index is 1070. The minimum Gasteiger partial charge on any atom is -0.348 e. The van der Waals surface area contributed by atoms with E-state index in [-0.39, 0.29) is 5.91 Å². The van der Waals surface area contributed by atoms with Crippen molar-refractivity contribution in [3.05, 3.63) is 96.2 Å². The van der Waals surface area contributed by atoms with Crippen molar-refractivity contribution in [3.8, 4) is 16.9 Å². The van der Waals surface area contributed by atoms with Gasteiger partial charge in [0.2, 0.25) is 0 Å². The summed E-state index contributed by atoms with van der Waals surface area (Å²) in [5.41, 5.74) is 5.02. The molecule has 0 aliphatic carbocycles. The molecule has 138 valence electrons. The normalized spacial score (nSPS) is 10.6. The first-order valence-electron chi connectivity index (χ1n) is 8.96. The number of amides is 1. The van der Waals surface area contributed by atoms with Crippen LogP contribution in [0.25, 0.3) is 16.9 Å². The monoisotopic (exact) mass is 369 g/mol. The van der Waals surface area contributed by atoms with Crippen LogP contribution in [0.3, 0.4) is 0 Å². The SMILES string of the molecule is Cc1c(C(=O)NCc2ccc(-c3cccnc3)nc2)cnn1-c1ccccc1. The van der Waals surface area contributed by atoms with Crippen molar-refractivity contribution in [2.45, 2.75) is 13.5 Å². The molecule has 0 aliphatic rings. The second kappa shape index (κ2) is 7.84. The van der Waals surface area contributed by atoms with Crippen LogP contribution in [0, 0.1) is 6.92 Å². The van der Waals surface area contributed by atoms with Gasteiger partial charge in [-0.05, 0) is 42.8 Å². The van der Waals surface area contributed by atoms with Gasteiger partial charge >= 0.3 is 0 Å². The molecule has 1 aromatic carbocycles. The number of aromatic nitrogens is 4. The van der Waals surface area contributed by atoms with Crippen LogP contribution in [0.4, 0.5) is 0 Å². The molecule has 6 heteroatoms. The van der Waals surface area contributed by atoms with Gasteiger partial charge in [-0.15, -0.1) is 0 Å². The van der Waals surface area contributed by atoms with Gasteiger partial charge in [-0.1, -0.05) is 24.3 Å². The molecule has 1 N–H and O–H groups in total. The summed E-state index contributed by atoms with van der Waals surface area (Å²) in [5.74, 6) is -0.156. The van der Waals surface area contributed by atoms with Crippen LogP contribution in [0.5, 0.6) is 0 Å². The fourth-order valence-electron chi connectivity index (χ4n) is 2.95. The molecule has 1 amide bonds. The van der Waals surface area contributed by atoms with Gasteiger partial charge in [0.05, 0.1) is 28.8 Å². The van der Waals surface area contributed by atoms with E-state index < -0.39 is 0 Å². The zero-order valence-corrected chi connectivity index (χ0v) is 15.4. The van der Waals surface area contributed by atoms with E-state index in [4.69, 9.17) is 0 Å². The number of carbonyl (C=O) groups excluding carboxylic acids is 1. The lowest BCUT2D eigenvalue weighted by Gasteiger charge is -2.07. The second-order valence-corrected chi connectivity index (χ2v) is 6.37. The molecular weight excluding hydrogens is 350 g/mol. The summed E-state index contributed by atoms with van der Waals surface area (Å²) in [4.78, 5) is 21.1. The van der Waals surface area contributed by atoms with E-state index in [1.165, 1.54) is 0 Å². The van der Waals surface area contributed by atoms with Crippen molar-refractivity contribution >= 4 is 5.91 Å². The van der Waals surface area contributed by atoms with Crippen LogP contribution in [0.1, 0.15) is 21.6 Å². The highest BCUT2D eigenvalue weighted by Crippen LogP contribution is 2.16. The molecular formula is C22H19N5O. The molecule has 0 spiro atoms. The largest absolute Gasteiger partial charge is 0.348 e. The number of para-hydroxylation sites is 1. The third kappa shape index (κ3) is 3.66. The van der Waals surface area contributed by atoms with Crippen molar-refractivity contribution < 1.29 is 4.79 Å². The molecule has 6 nitrogen and oxygen atoms in total. The molecule has 0 aliphatic heterocycles. The predicted octanol–water partition coefficient (Wildman–Crippen LogP) is 3.57. The Balaban J connectivity index is 1.43. The molecule has 0 unspecified atom stereocenters. The number of hydrogen-bond acceptors (Lipinski definition) is 4. The highest BCUT2D eigenvalue weighted by molar-refractivity contribution is 5.95. The summed E-state index contributed by atoms with van der Waals surface area (Å²) in [6, 6.07) is 17.5. The summed E-state index contributed by atoms with van der Waals surface area (Å²) in [6.45, 7) is 2.29. The molecule has 0 atom stereocenters. The first-order chi connectivity index (χ1) is 13.7. The van der Waals surface area contributed by atoms with Crippen LogP contribution < -0.4 is 5.32 Å². The van der Waals surface area contributed by atoms with Gasteiger partial charge in [0.1, 0.15) is 0 Å². The van der Waals surface area contributed by atoms with Crippen LogP contribution in [-0.2, 0) is 6.54 Å². The Morgan fingerprint density at radius 1 is 1.00 bits per heavy atom. The van der Waals surface area contributed by atoms with Crippen LogP contribution in [0.2, 0.25) is 0 Å². The fourth-order valence-corrected chi connectivity index (χ4v) is 2.95. The molecule has 0 fully saturated rings. The summed E-state index contributed by atoms with van der Waals surface area (Å²) in [7, 11) is 0. The van der Waals surface area contributed by atoms with Gasteiger partial charge in [0.15, 0.2) is 0 Å². The highest BCUT2D eigenvalue weighted by atomic mass is 16.1. The van der Waals surface area contributed by atoms with Crippen molar-refractivity contribution in [2.75, 3.05) is 0 Å². The lowest BCUT2D eigenvalue weighted by Crippen LogP contribution is -2.23. The molecule has 3 aromatic heterocycles. The van der Waals surface area contributed by atoms with E-state index in [1.807, 2.05) is 61.5 Å². The maximum Gasteiger partial charge on any atom is 0.255 e. The first kappa shape index (κ1) is 17.6. The van der Waals surface area contributed by atoms with Gasteiger partial charge in [-0.25, -0.2) is 4.68 Å². The third-order valence-electron chi connectivity index (χ3n) is 4.49. The van der Waals surface area contributed by atoms with Crippen LogP contribution >= 0.6 is 0 Å². The molecule has 0 saturated carbocycles. The lowest BCUT2D eigenvalue weighted by atomic mass is 10.1. The van der Waals surface area contributed by atoms with Crippen molar-refractivity contribution in [3.63, 3.8) is 0 Å². The Hall–Kier alpha value is -3.80. The minimum absolute atomic E-state index is 0.156. The molecule has 3 heterocycles. The Morgan fingerprint density at radius 2 is 1.86 bits per heavy atom. The fraction of sp³-hybridized carbons (Fsp3) is 0.0909. The molecule has 0 bridgehead atoms. The van der Waals surface area contributed by atoms with E-state index in [0.29, 0.717) is 12.1 Å². The van der Waals surface area contributed by atoms with E-state index in [1.54, 1.807) is 29.5 Å². The van der Waals surface area contributed by atoms with Crippen molar-refractivity contribution in [2.24, 2.45) is 0 Å². The Morgan fingerprint density at radius 3 is 2.57 bits per heavy atom. The predicted molar refractivity (Wildman–Crippen MR) is 107 cm³/mol. The van der Waals surface area contributed by atoms with Gasteiger partial charge in [-0.3, -0.25) is 14.8 Å². The number of benzene rings is 1. The van der Waals surface area contributed by atoms with Crippen molar-refractivity contribution in [1.29, 1.82) is 0 Å². The van der Waals surface area contributed by atoms with Crippen LogP contribution in [0.15, 0.2) is 79.4 Å². The summed E-state index contributed by atoms with van der Waals surface area (Å²) in [6.07, 6.45) is 6.87. The van der Waals surface area contributed by atoms with E-state index >= 15 is 0 Å². The number of pyridine rings is 2. The smallest absolute Gasteiger partial charge is 0.255 e. The van der Waals surface area contributed by atoms with E-state index in [2.05, 4.69) is 20.4 Å². The Kier molecular flexibility index (Phi) is 4.93. The molecule has 0 radical (unpaired) electrons. The van der Waals surface area contributed by atoms with Crippen LogP contribution in [-0.4, -0.2) is 25.7 Å². The molecule has 28 heavy (non-hydrogen) atoms. The second-order valence-electron chi connectivity index (χ2n) is 6.37. The first-order valence-corrected chi connectivity index (χ1v) is 8.96. The van der Waals surface area contributed by atoms with E-state index in [9.17, 15) is 4.79 Å². The molecule has 0 saturated heterocycles. The summed E-state index contributed by atoms with van der Waals surface area (Å²) >= 11 is 0. The average molecular weight is 369 g/mol. The maximum absolute atomic E-state index is 12.6. The Labute approximate surface area is 162 Å². The highest BCUT2D eigenvalue weighted by Gasteiger charge is 2.14. The zero-order valence-electron chi connectivity index (χ0n) is 15.4. The standard InChI is InChI=1S/C22H19N5O/c1-16-20(15-26-27(16)19-7-3-2-4-8-19)22(28)25-13-17-9-10-21(24-12-17)18-6-5-11-23-14-18/h2-12,14-15H,13H2,1H3,(H,25,28). The number of nitrogens with zero attached hydrogens (tertiary/aromatic N) is 4. The van der Waals surface area contributed by atoms with Gasteiger partial charge < -0.3 is 5.32 Å². The summed E-state index contributed by atoms with van der Waals surface area (Å²) < 4.78 is 1.76. The minimum atomic E-state index is -0.156. The number of nitrogens with one attached hydrogen (secondary N) is 1. The van der Waals surface area contributed by atoms with Gasteiger partial charge in [0.25, 0.3) is 5.91 Å². The molecule has 4 rings (SSSR count). The average Bonchev–Trinajstić information content (AvgIpc) is 3.15. The zero-order chi connectivity index (χ0) is 19.3. The molecule has 4 aromatic rings. The van der Waals surface area contributed by atoms with Gasteiger partial charge in [-0.2, -0.15) is 5.10 Å². The van der Waals surface area contributed by atoms with Crippen molar-refractivity contribution in [1.82, 2.24) is 25.1 Å². The van der Waals surface area contributed by atoms with E-state index in [0.717, 1.165) is 28.2 Å².